The Balaban J connectivity index is 3.91. The smallest absolute Gasteiger partial charge is 0.0399 e. The van der Waals surface area contributed by atoms with Crippen LogP contribution in [0.1, 0.15) is 19.8 Å². The van der Waals surface area contributed by atoms with Gasteiger partial charge in [-0.1, -0.05) is 37.0 Å². The average Bonchev–Trinajstić information content (AvgIpc) is 2.17. The quantitative estimate of drug-likeness (QED) is 0.431. The van der Waals surface area contributed by atoms with Crippen LogP contribution in [0.25, 0.3) is 0 Å². The Labute approximate surface area is 80.9 Å². The van der Waals surface area contributed by atoms with E-state index in [1.807, 2.05) is 31.2 Å². The molecule has 0 saturated carbocycles. The van der Waals surface area contributed by atoms with E-state index in [0.29, 0.717) is 0 Å². The molecule has 1 heteroatoms. The Morgan fingerprint density at radius 1 is 1.38 bits per heavy atom. The average molecular weight is 175 g/mol. The Hall–Kier alpha value is -1.37. The molecular formula is C12H17N. The van der Waals surface area contributed by atoms with Crippen molar-refractivity contribution in [2.24, 2.45) is 4.99 Å². The zero-order chi connectivity index (χ0) is 9.94. The highest BCUT2D eigenvalue weighted by atomic mass is 14.7. The molecule has 0 unspecified atom stereocenters. The van der Waals surface area contributed by atoms with Crippen LogP contribution in [-0.2, 0) is 0 Å². The molecule has 0 aliphatic rings. The SMILES string of the molecule is C=C/C=C\CC/C(=C/C=C\C)N=C. The fourth-order valence-corrected chi connectivity index (χ4v) is 0.846. The van der Waals surface area contributed by atoms with Gasteiger partial charge in [-0.3, -0.25) is 4.99 Å². The first-order valence-corrected chi connectivity index (χ1v) is 4.41. The number of hydrogen-bond acceptors (Lipinski definition) is 1. The van der Waals surface area contributed by atoms with Crippen molar-refractivity contribution in [2.45, 2.75) is 19.8 Å². The van der Waals surface area contributed by atoms with Crippen LogP contribution < -0.4 is 0 Å². The lowest BCUT2D eigenvalue weighted by atomic mass is 10.2. The third-order valence-corrected chi connectivity index (χ3v) is 1.52. The molecule has 0 aromatic rings. The highest BCUT2D eigenvalue weighted by Crippen LogP contribution is 2.06. The molecule has 0 N–H and O–H groups in total. The van der Waals surface area contributed by atoms with E-state index in [2.05, 4.69) is 24.4 Å². The fraction of sp³-hybridized carbons (Fsp3) is 0.250. The van der Waals surface area contributed by atoms with Crippen molar-refractivity contribution in [3.05, 3.63) is 48.7 Å². The molecule has 0 spiro atoms. The number of rotatable bonds is 6. The largest absolute Gasteiger partial charge is 0.269 e. The normalized spacial score (nSPS) is 12.5. The Bertz CT molecular complexity index is 232. The van der Waals surface area contributed by atoms with Crippen molar-refractivity contribution in [2.75, 3.05) is 0 Å². The van der Waals surface area contributed by atoms with Gasteiger partial charge in [0.1, 0.15) is 0 Å². The van der Waals surface area contributed by atoms with Gasteiger partial charge >= 0.3 is 0 Å². The second-order valence-electron chi connectivity index (χ2n) is 2.54. The summed E-state index contributed by atoms with van der Waals surface area (Å²) in [4.78, 5) is 3.92. The Morgan fingerprint density at radius 3 is 2.69 bits per heavy atom. The number of nitrogens with zero attached hydrogens (tertiary/aromatic N) is 1. The van der Waals surface area contributed by atoms with E-state index in [-0.39, 0.29) is 0 Å². The van der Waals surface area contributed by atoms with E-state index in [1.54, 1.807) is 6.08 Å². The summed E-state index contributed by atoms with van der Waals surface area (Å²) in [6, 6.07) is 0. The zero-order valence-corrected chi connectivity index (χ0v) is 8.24. The van der Waals surface area contributed by atoms with Crippen LogP contribution in [0.3, 0.4) is 0 Å². The molecule has 0 atom stereocenters. The summed E-state index contributed by atoms with van der Waals surface area (Å²) < 4.78 is 0. The summed E-state index contributed by atoms with van der Waals surface area (Å²) in [5, 5.41) is 0. The van der Waals surface area contributed by atoms with Crippen LogP contribution in [0.2, 0.25) is 0 Å². The highest BCUT2D eigenvalue weighted by molar-refractivity contribution is 5.30. The lowest BCUT2D eigenvalue weighted by Crippen LogP contribution is -1.76. The van der Waals surface area contributed by atoms with E-state index in [0.717, 1.165) is 18.5 Å². The van der Waals surface area contributed by atoms with Crippen molar-refractivity contribution in [3.63, 3.8) is 0 Å². The summed E-state index contributed by atoms with van der Waals surface area (Å²) in [5.74, 6) is 0. The summed E-state index contributed by atoms with van der Waals surface area (Å²) >= 11 is 0. The zero-order valence-electron chi connectivity index (χ0n) is 8.24. The molecule has 70 valence electrons. The van der Waals surface area contributed by atoms with Crippen LogP contribution in [0, 0.1) is 0 Å². The second-order valence-corrected chi connectivity index (χ2v) is 2.54. The van der Waals surface area contributed by atoms with E-state index in [9.17, 15) is 0 Å². The standard InChI is InChI=1S/C12H17N/c1-4-6-8-9-11-12(13-3)10-7-5-2/h4-8,10H,1,3,9,11H2,2H3/b7-5-,8-6-,12-10-. The Morgan fingerprint density at radius 2 is 2.15 bits per heavy atom. The second kappa shape index (κ2) is 8.72. The molecule has 0 aromatic heterocycles. The third-order valence-electron chi connectivity index (χ3n) is 1.52. The van der Waals surface area contributed by atoms with Crippen LogP contribution in [0.15, 0.2) is 53.7 Å². The van der Waals surface area contributed by atoms with Crippen molar-refractivity contribution in [3.8, 4) is 0 Å². The highest BCUT2D eigenvalue weighted by Gasteiger charge is 1.88. The van der Waals surface area contributed by atoms with Crippen molar-refractivity contribution < 1.29 is 0 Å². The molecule has 1 nitrogen and oxygen atoms in total. The van der Waals surface area contributed by atoms with Gasteiger partial charge in [-0.05, 0) is 32.6 Å². The first-order valence-electron chi connectivity index (χ1n) is 4.41. The summed E-state index contributed by atoms with van der Waals surface area (Å²) in [5.41, 5.74) is 1.02. The van der Waals surface area contributed by atoms with E-state index >= 15 is 0 Å². The van der Waals surface area contributed by atoms with Crippen molar-refractivity contribution in [1.29, 1.82) is 0 Å². The third kappa shape index (κ3) is 7.01. The maximum absolute atomic E-state index is 3.92. The predicted octanol–water partition coefficient (Wildman–Crippen LogP) is 3.67. The summed E-state index contributed by atoms with van der Waals surface area (Å²) in [6.07, 6.45) is 13.6. The van der Waals surface area contributed by atoms with Gasteiger partial charge in [-0.15, -0.1) is 0 Å². The molecule has 0 amide bonds. The minimum absolute atomic E-state index is 0.929. The van der Waals surface area contributed by atoms with Crippen LogP contribution in [-0.4, -0.2) is 6.72 Å². The summed E-state index contributed by atoms with van der Waals surface area (Å²) in [6.45, 7) is 9.10. The van der Waals surface area contributed by atoms with Crippen LogP contribution in [0.5, 0.6) is 0 Å². The van der Waals surface area contributed by atoms with Gasteiger partial charge in [0.25, 0.3) is 0 Å². The minimum Gasteiger partial charge on any atom is -0.269 e. The monoisotopic (exact) mass is 175 g/mol. The molecule has 0 radical (unpaired) electrons. The molecule has 0 bridgehead atoms. The van der Waals surface area contributed by atoms with Crippen molar-refractivity contribution in [1.82, 2.24) is 0 Å². The molecule has 0 aliphatic carbocycles. The number of hydrogen-bond donors (Lipinski definition) is 0. The van der Waals surface area contributed by atoms with E-state index in [1.165, 1.54) is 0 Å². The van der Waals surface area contributed by atoms with Gasteiger partial charge in [0.15, 0.2) is 0 Å². The van der Waals surface area contributed by atoms with E-state index < -0.39 is 0 Å². The maximum Gasteiger partial charge on any atom is 0.0399 e. The molecule has 0 rings (SSSR count). The molecule has 13 heavy (non-hydrogen) atoms. The van der Waals surface area contributed by atoms with Gasteiger partial charge in [-0.25, -0.2) is 0 Å². The van der Waals surface area contributed by atoms with Crippen LogP contribution in [0.4, 0.5) is 0 Å². The fourth-order valence-electron chi connectivity index (χ4n) is 0.846. The molecule has 0 heterocycles. The number of aliphatic imine (C=N–C) groups is 1. The summed E-state index contributed by atoms with van der Waals surface area (Å²) in [7, 11) is 0. The van der Waals surface area contributed by atoms with Crippen LogP contribution >= 0.6 is 0 Å². The Kier molecular flexibility index (Phi) is 7.80. The molecule has 0 fully saturated rings. The molecular weight excluding hydrogens is 158 g/mol. The lowest BCUT2D eigenvalue weighted by Gasteiger charge is -1.95. The van der Waals surface area contributed by atoms with Gasteiger partial charge in [-0.2, -0.15) is 0 Å². The van der Waals surface area contributed by atoms with E-state index in [4.69, 9.17) is 0 Å². The minimum atomic E-state index is 0.929. The topological polar surface area (TPSA) is 12.4 Å². The first kappa shape index (κ1) is 11.6. The van der Waals surface area contributed by atoms with Gasteiger partial charge in [0.05, 0.1) is 0 Å². The lowest BCUT2D eigenvalue weighted by molar-refractivity contribution is 0.964. The molecule has 0 saturated heterocycles. The predicted molar refractivity (Wildman–Crippen MR) is 61.0 cm³/mol. The van der Waals surface area contributed by atoms with Gasteiger partial charge in [0.2, 0.25) is 0 Å². The number of allylic oxidation sites excluding steroid dienone is 7. The maximum atomic E-state index is 3.92. The van der Waals surface area contributed by atoms with Gasteiger partial charge in [0, 0.05) is 5.70 Å². The molecule has 0 aliphatic heterocycles. The first-order chi connectivity index (χ1) is 6.35. The molecule has 0 aromatic carbocycles. The van der Waals surface area contributed by atoms with Gasteiger partial charge < -0.3 is 0 Å². The van der Waals surface area contributed by atoms with Crippen molar-refractivity contribution >= 4 is 6.72 Å².